The Hall–Kier alpha value is -0.810. The number of amides is 1. The Bertz CT molecular complexity index is 320. The topological polar surface area (TPSA) is 76.4 Å². The van der Waals surface area contributed by atoms with Crippen LogP contribution in [-0.2, 0) is 4.74 Å². The monoisotopic (exact) mass is 313 g/mol. The van der Waals surface area contributed by atoms with Crippen LogP contribution in [0.3, 0.4) is 0 Å². The predicted octanol–water partition coefficient (Wildman–Crippen LogP) is 2.93. The van der Waals surface area contributed by atoms with Crippen molar-refractivity contribution in [1.29, 1.82) is 0 Å². The molecule has 0 aromatic rings. The largest absolute Gasteiger partial charge is 0.444 e. The van der Waals surface area contributed by atoms with Gasteiger partial charge in [-0.15, -0.1) is 0 Å². The smallest absolute Gasteiger partial charge is 0.407 e. The van der Waals surface area contributed by atoms with Gasteiger partial charge in [-0.25, -0.2) is 4.79 Å². The zero-order chi connectivity index (χ0) is 16.6. The lowest BCUT2D eigenvalue weighted by atomic mass is 9.91. The third-order valence-electron chi connectivity index (χ3n) is 4.04. The molecule has 1 atom stereocenters. The molecule has 0 radical (unpaired) electrons. The second-order valence-electron chi connectivity index (χ2n) is 7.50. The zero-order valence-corrected chi connectivity index (χ0v) is 14.8. The third-order valence-corrected chi connectivity index (χ3v) is 4.04. The van der Waals surface area contributed by atoms with Crippen LogP contribution in [-0.4, -0.2) is 36.4 Å². The van der Waals surface area contributed by atoms with E-state index in [-0.39, 0.29) is 6.09 Å². The van der Waals surface area contributed by atoms with Gasteiger partial charge in [0.2, 0.25) is 0 Å². The van der Waals surface area contributed by atoms with E-state index in [4.69, 9.17) is 10.5 Å². The van der Waals surface area contributed by atoms with Crippen molar-refractivity contribution in [2.24, 2.45) is 5.73 Å². The van der Waals surface area contributed by atoms with Crippen LogP contribution in [0.25, 0.3) is 0 Å². The fourth-order valence-corrected chi connectivity index (χ4v) is 2.83. The minimum atomic E-state index is -0.448. The Morgan fingerprint density at radius 3 is 2.45 bits per heavy atom. The molecule has 130 valence electrons. The lowest BCUT2D eigenvalue weighted by molar-refractivity contribution is 0.0520. The summed E-state index contributed by atoms with van der Waals surface area (Å²) in [5.41, 5.74) is 5.52. The van der Waals surface area contributed by atoms with Gasteiger partial charge < -0.3 is 21.1 Å². The van der Waals surface area contributed by atoms with Gasteiger partial charge in [-0.2, -0.15) is 0 Å². The first-order valence-electron chi connectivity index (χ1n) is 8.78. The SMILES string of the molecule is CCCCC(CNC(=O)OC(C)(C)C)NC1CCC(N)CC1. The van der Waals surface area contributed by atoms with Gasteiger partial charge in [-0.3, -0.25) is 0 Å². The second-order valence-corrected chi connectivity index (χ2v) is 7.50. The summed E-state index contributed by atoms with van der Waals surface area (Å²) in [4.78, 5) is 11.8. The standard InChI is InChI=1S/C17H35N3O2/c1-5-6-7-15(12-19-16(21)22-17(2,3)4)20-14-10-8-13(18)9-11-14/h13-15,20H,5-12,18H2,1-4H3,(H,19,21). The summed E-state index contributed by atoms with van der Waals surface area (Å²) in [7, 11) is 0. The van der Waals surface area contributed by atoms with Crippen LogP contribution in [0.4, 0.5) is 4.79 Å². The quantitative estimate of drug-likeness (QED) is 0.675. The van der Waals surface area contributed by atoms with Gasteiger partial charge in [-0.05, 0) is 52.9 Å². The zero-order valence-electron chi connectivity index (χ0n) is 14.8. The number of hydrogen-bond acceptors (Lipinski definition) is 4. The minimum Gasteiger partial charge on any atom is -0.444 e. The molecule has 5 nitrogen and oxygen atoms in total. The molecular formula is C17H35N3O2. The van der Waals surface area contributed by atoms with Crippen molar-refractivity contribution in [1.82, 2.24) is 10.6 Å². The normalized spacial score (nSPS) is 23.9. The van der Waals surface area contributed by atoms with E-state index in [1.54, 1.807) is 0 Å². The molecule has 0 bridgehead atoms. The van der Waals surface area contributed by atoms with Gasteiger partial charge in [0.15, 0.2) is 0 Å². The molecule has 1 aliphatic rings. The van der Waals surface area contributed by atoms with Crippen LogP contribution < -0.4 is 16.4 Å². The van der Waals surface area contributed by atoms with E-state index in [1.165, 1.54) is 12.8 Å². The summed E-state index contributed by atoms with van der Waals surface area (Å²) < 4.78 is 5.30. The van der Waals surface area contributed by atoms with Gasteiger partial charge in [0.05, 0.1) is 0 Å². The van der Waals surface area contributed by atoms with Crippen molar-refractivity contribution in [2.45, 2.75) is 96.4 Å². The lowest BCUT2D eigenvalue weighted by Crippen LogP contribution is -2.48. The van der Waals surface area contributed by atoms with Crippen LogP contribution in [0.5, 0.6) is 0 Å². The number of alkyl carbamates (subject to hydrolysis) is 1. The van der Waals surface area contributed by atoms with Gasteiger partial charge >= 0.3 is 6.09 Å². The van der Waals surface area contributed by atoms with Crippen molar-refractivity contribution in [3.05, 3.63) is 0 Å². The van der Waals surface area contributed by atoms with E-state index in [0.717, 1.165) is 32.1 Å². The van der Waals surface area contributed by atoms with E-state index < -0.39 is 5.60 Å². The highest BCUT2D eigenvalue weighted by Crippen LogP contribution is 2.18. The number of nitrogens with two attached hydrogens (primary N) is 1. The number of ether oxygens (including phenoxy) is 1. The molecule has 0 saturated heterocycles. The maximum Gasteiger partial charge on any atom is 0.407 e. The number of unbranched alkanes of at least 4 members (excludes halogenated alkanes) is 1. The van der Waals surface area contributed by atoms with Crippen LogP contribution in [0.2, 0.25) is 0 Å². The highest BCUT2D eigenvalue weighted by Gasteiger charge is 2.22. The van der Waals surface area contributed by atoms with E-state index in [0.29, 0.717) is 24.7 Å². The fourth-order valence-electron chi connectivity index (χ4n) is 2.83. The Morgan fingerprint density at radius 2 is 1.91 bits per heavy atom. The summed E-state index contributed by atoms with van der Waals surface area (Å²) in [6, 6.07) is 1.21. The van der Waals surface area contributed by atoms with E-state index in [9.17, 15) is 4.79 Å². The van der Waals surface area contributed by atoms with Crippen LogP contribution in [0, 0.1) is 0 Å². The molecule has 0 heterocycles. The van der Waals surface area contributed by atoms with Crippen LogP contribution in [0.15, 0.2) is 0 Å². The van der Waals surface area contributed by atoms with Gasteiger partial charge in [0.1, 0.15) is 5.60 Å². The maximum absolute atomic E-state index is 11.8. The molecule has 4 N–H and O–H groups in total. The number of carbonyl (C=O) groups excluding carboxylic acids is 1. The first-order valence-corrected chi connectivity index (χ1v) is 8.78. The van der Waals surface area contributed by atoms with Gasteiger partial charge in [0.25, 0.3) is 0 Å². The summed E-state index contributed by atoms with van der Waals surface area (Å²) >= 11 is 0. The second kappa shape index (κ2) is 9.36. The molecule has 22 heavy (non-hydrogen) atoms. The highest BCUT2D eigenvalue weighted by molar-refractivity contribution is 5.67. The van der Waals surface area contributed by atoms with E-state index in [2.05, 4.69) is 17.6 Å². The van der Waals surface area contributed by atoms with Crippen molar-refractivity contribution < 1.29 is 9.53 Å². The van der Waals surface area contributed by atoms with E-state index in [1.807, 2.05) is 20.8 Å². The van der Waals surface area contributed by atoms with Crippen molar-refractivity contribution >= 4 is 6.09 Å². The van der Waals surface area contributed by atoms with Crippen LogP contribution in [0.1, 0.15) is 72.6 Å². The Labute approximate surface area is 135 Å². The number of hydrogen-bond donors (Lipinski definition) is 3. The molecule has 0 aliphatic heterocycles. The average molecular weight is 313 g/mol. The third kappa shape index (κ3) is 8.59. The van der Waals surface area contributed by atoms with Crippen molar-refractivity contribution in [2.75, 3.05) is 6.54 Å². The molecular weight excluding hydrogens is 278 g/mol. The predicted molar refractivity (Wildman–Crippen MR) is 90.9 cm³/mol. The van der Waals surface area contributed by atoms with Crippen molar-refractivity contribution in [3.8, 4) is 0 Å². The minimum absolute atomic E-state index is 0.312. The summed E-state index contributed by atoms with van der Waals surface area (Å²) in [5, 5.41) is 6.60. The highest BCUT2D eigenvalue weighted by atomic mass is 16.6. The van der Waals surface area contributed by atoms with Gasteiger partial charge in [0, 0.05) is 24.7 Å². The lowest BCUT2D eigenvalue weighted by Gasteiger charge is -2.31. The summed E-state index contributed by atoms with van der Waals surface area (Å²) in [5.74, 6) is 0. The molecule has 1 aliphatic carbocycles. The van der Waals surface area contributed by atoms with Crippen LogP contribution >= 0.6 is 0 Å². The molecule has 1 fully saturated rings. The average Bonchev–Trinajstić information content (AvgIpc) is 2.42. The summed E-state index contributed by atoms with van der Waals surface area (Å²) in [6.45, 7) is 8.45. The van der Waals surface area contributed by atoms with Crippen molar-refractivity contribution in [3.63, 3.8) is 0 Å². The molecule has 1 rings (SSSR count). The Balaban J connectivity index is 2.38. The van der Waals surface area contributed by atoms with Gasteiger partial charge in [-0.1, -0.05) is 19.8 Å². The first kappa shape index (κ1) is 19.2. The first-order chi connectivity index (χ1) is 10.3. The molecule has 1 saturated carbocycles. The summed E-state index contributed by atoms with van der Waals surface area (Å²) in [6.07, 6.45) is 7.54. The fraction of sp³-hybridized carbons (Fsp3) is 0.941. The Kier molecular flexibility index (Phi) is 8.18. The molecule has 0 aromatic carbocycles. The molecule has 1 unspecified atom stereocenters. The number of carbonyl (C=O) groups is 1. The Morgan fingerprint density at radius 1 is 1.27 bits per heavy atom. The molecule has 0 aromatic heterocycles. The van der Waals surface area contributed by atoms with E-state index >= 15 is 0 Å². The number of nitrogens with one attached hydrogen (secondary N) is 2. The number of rotatable bonds is 7. The maximum atomic E-state index is 11.8. The molecule has 0 spiro atoms. The molecule has 1 amide bonds. The molecule has 5 heteroatoms.